The number of carbonyl (C=O) groups excluding carboxylic acids is 1. The molecule has 7 nitrogen and oxygen atoms in total. The first kappa shape index (κ1) is 17.4. The molecule has 0 spiro atoms. The number of hydrogen-bond acceptors (Lipinski definition) is 5. The topological polar surface area (TPSA) is 76.2 Å². The van der Waals surface area contributed by atoms with Gasteiger partial charge in [0.2, 0.25) is 5.91 Å². The normalized spacial score (nSPS) is 23.0. The molecule has 146 valence electrons. The van der Waals surface area contributed by atoms with E-state index in [1.54, 1.807) is 0 Å². The molecule has 2 aromatic heterocycles. The molecule has 2 fully saturated rings. The van der Waals surface area contributed by atoms with Crippen LogP contribution < -0.4 is 5.32 Å². The molecule has 5 rings (SSSR count). The van der Waals surface area contributed by atoms with Gasteiger partial charge in [-0.3, -0.25) is 4.79 Å². The molecule has 2 unspecified atom stereocenters. The van der Waals surface area contributed by atoms with Crippen LogP contribution in [0.5, 0.6) is 0 Å². The third-order valence-electron chi connectivity index (χ3n) is 6.08. The van der Waals surface area contributed by atoms with Crippen molar-refractivity contribution in [1.82, 2.24) is 24.9 Å². The number of likely N-dealkylation sites (tertiary alicyclic amines) is 1. The number of carbonyl (C=O) groups is 1. The van der Waals surface area contributed by atoms with E-state index in [9.17, 15) is 4.79 Å². The molecule has 2 atom stereocenters. The first-order valence-electron chi connectivity index (χ1n) is 9.94. The molecule has 3 aromatic rings. The number of nitrogens with zero attached hydrogens (tertiary/aromatic N) is 4. The van der Waals surface area contributed by atoms with Gasteiger partial charge in [0.25, 0.3) is 0 Å². The number of fused-ring (bicyclic) bond motifs is 1. The van der Waals surface area contributed by atoms with E-state index in [0.29, 0.717) is 12.5 Å². The van der Waals surface area contributed by atoms with Gasteiger partial charge in [-0.05, 0) is 58.0 Å². The zero-order valence-corrected chi connectivity index (χ0v) is 16.5. The van der Waals surface area contributed by atoms with Crippen molar-refractivity contribution in [3.05, 3.63) is 35.5 Å². The van der Waals surface area contributed by atoms with Crippen molar-refractivity contribution in [2.45, 2.75) is 45.2 Å². The Bertz CT molecular complexity index is 1050. The second kappa shape index (κ2) is 6.44. The quantitative estimate of drug-likeness (QED) is 0.757. The Balaban J connectivity index is 1.65. The molecular formula is C21H25N5O2. The highest BCUT2D eigenvalue weighted by atomic mass is 16.5. The van der Waals surface area contributed by atoms with Crippen LogP contribution in [0.15, 0.2) is 22.7 Å². The highest BCUT2D eigenvalue weighted by Crippen LogP contribution is 2.35. The summed E-state index contributed by atoms with van der Waals surface area (Å²) in [5.74, 6) is 1.91. The Morgan fingerprint density at radius 1 is 1.25 bits per heavy atom. The highest BCUT2D eigenvalue weighted by molar-refractivity contribution is 5.84. The minimum Gasteiger partial charge on any atom is -0.361 e. The summed E-state index contributed by atoms with van der Waals surface area (Å²) in [6.45, 7) is 5.98. The fourth-order valence-corrected chi connectivity index (χ4v) is 4.73. The van der Waals surface area contributed by atoms with Crippen LogP contribution in [0.25, 0.3) is 22.2 Å². The van der Waals surface area contributed by atoms with Crippen LogP contribution in [-0.2, 0) is 4.79 Å². The molecule has 7 heteroatoms. The van der Waals surface area contributed by atoms with E-state index < -0.39 is 0 Å². The SMILES string of the molecule is Cc1noc(C)c1-c1ccc2c(c1)nc(C1CCC(=O)N1)n2C1CCN(C)C1. The number of hydrogen-bond donors (Lipinski definition) is 1. The van der Waals surface area contributed by atoms with Crippen molar-refractivity contribution in [3.63, 3.8) is 0 Å². The molecule has 0 aliphatic carbocycles. The van der Waals surface area contributed by atoms with Crippen molar-refractivity contribution in [2.24, 2.45) is 0 Å². The van der Waals surface area contributed by atoms with Crippen LogP contribution in [0.3, 0.4) is 0 Å². The van der Waals surface area contributed by atoms with E-state index >= 15 is 0 Å². The molecule has 28 heavy (non-hydrogen) atoms. The Hall–Kier alpha value is -2.67. The smallest absolute Gasteiger partial charge is 0.220 e. The van der Waals surface area contributed by atoms with Gasteiger partial charge in [0.05, 0.1) is 22.8 Å². The number of aryl methyl sites for hydroxylation is 2. The molecular weight excluding hydrogens is 354 g/mol. The van der Waals surface area contributed by atoms with Gasteiger partial charge in [0, 0.05) is 24.6 Å². The summed E-state index contributed by atoms with van der Waals surface area (Å²) in [6, 6.07) is 6.78. The summed E-state index contributed by atoms with van der Waals surface area (Å²) >= 11 is 0. The zero-order valence-electron chi connectivity index (χ0n) is 16.5. The number of benzene rings is 1. The van der Waals surface area contributed by atoms with E-state index in [1.165, 1.54) is 0 Å². The Labute approximate surface area is 163 Å². The fourth-order valence-electron chi connectivity index (χ4n) is 4.73. The Morgan fingerprint density at radius 2 is 2.11 bits per heavy atom. The summed E-state index contributed by atoms with van der Waals surface area (Å²) in [5, 5.41) is 7.19. The molecule has 1 aromatic carbocycles. The maximum Gasteiger partial charge on any atom is 0.220 e. The molecule has 0 radical (unpaired) electrons. The van der Waals surface area contributed by atoms with Gasteiger partial charge in [-0.1, -0.05) is 11.2 Å². The molecule has 1 amide bonds. The lowest BCUT2D eigenvalue weighted by Gasteiger charge is -2.20. The van der Waals surface area contributed by atoms with Crippen LogP contribution in [0.1, 0.15) is 48.6 Å². The number of likely N-dealkylation sites (N-methyl/N-ethyl adjacent to an activating group) is 1. The second-order valence-electron chi connectivity index (χ2n) is 8.11. The monoisotopic (exact) mass is 379 g/mol. The van der Waals surface area contributed by atoms with E-state index in [2.05, 4.69) is 45.2 Å². The lowest BCUT2D eigenvalue weighted by Crippen LogP contribution is -2.24. The third-order valence-corrected chi connectivity index (χ3v) is 6.08. The van der Waals surface area contributed by atoms with Crippen LogP contribution in [0.2, 0.25) is 0 Å². The first-order chi connectivity index (χ1) is 13.5. The van der Waals surface area contributed by atoms with Crippen molar-refractivity contribution in [3.8, 4) is 11.1 Å². The number of rotatable bonds is 3. The molecule has 4 heterocycles. The Kier molecular flexibility index (Phi) is 4.01. The van der Waals surface area contributed by atoms with Gasteiger partial charge in [-0.25, -0.2) is 4.98 Å². The van der Waals surface area contributed by atoms with Crippen molar-refractivity contribution < 1.29 is 9.32 Å². The van der Waals surface area contributed by atoms with E-state index in [-0.39, 0.29) is 11.9 Å². The number of imidazole rings is 1. The average molecular weight is 379 g/mol. The largest absolute Gasteiger partial charge is 0.361 e. The van der Waals surface area contributed by atoms with Gasteiger partial charge in [-0.15, -0.1) is 0 Å². The maximum absolute atomic E-state index is 11.8. The number of amides is 1. The molecule has 2 aliphatic rings. The minimum absolute atomic E-state index is 0.00618. The molecule has 2 saturated heterocycles. The van der Waals surface area contributed by atoms with Crippen LogP contribution in [0.4, 0.5) is 0 Å². The van der Waals surface area contributed by atoms with Crippen LogP contribution in [0, 0.1) is 13.8 Å². The first-order valence-corrected chi connectivity index (χ1v) is 9.94. The summed E-state index contributed by atoms with van der Waals surface area (Å²) in [7, 11) is 2.16. The van der Waals surface area contributed by atoms with Gasteiger partial charge in [0.1, 0.15) is 11.6 Å². The van der Waals surface area contributed by atoms with Gasteiger partial charge in [0.15, 0.2) is 0 Å². The summed E-state index contributed by atoms with van der Waals surface area (Å²) in [6.07, 6.45) is 2.48. The van der Waals surface area contributed by atoms with Gasteiger partial charge in [-0.2, -0.15) is 0 Å². The van der Waals surface area contributed by atoms with E-state index in [1.807, 2.05) is 13.8 Å². The third kappa shape index (κ3) is 2.73. The summed E-state index contributed by atoms with van der Waals surface area (Å²) in [4.78, 5) is 19.2. The minimum atomic E-state index is -0.00618. The number of aromatic nitrogens is 3. The number of nitrogens with one attached hydrogen (secondary N) is 1. The predicted molar refractivity (Wildman–Crippen MR) is 106 cm³/mol. The molecule has 2 aliphatic heterocycles. The molecule has 0 bridgehead atoms. The lowest BCUT2D eigenvalue weighted by molar-refractivity contribution is -0.119. The average Bonchev–Trinajstić information content (AvgIpc) is 3.42. The molecule has 0 saturated carbocycles. The van der Waals surface area contributed by atoms with Crippen LogP contribution in [-0.4, -0.2) is 45.7 Å². The van der Waals surface area contributed by atoms with Gasteiger partial charge >= 0.3 is 0 Å². The summed E-state index contributed by atoms with van der Waals surface area (Å²) < 4.78 is 7.72. The van der Waals surface area contributed by atoms with E-state index in [4.69, 9.17) is 9.51 Å². The second-order valence-corrected chi connectivity index (χ2v) is 8.11. The van der Waals surface area contributed by atoms with Crippen molar-refractivity contribution in [1.29, 1.82) is 0 Å². The van der Waals surface area contributed by atoms with Crippen LogP contribution >= 0.6 is 0 Å². The maximum atomic E-state index is 11.8. The lowest BCUT2D eigenvalue weighted by atomic mass is 10.0. The van der Waals surface area contributed by atoms with Gasteiger partial charge < -0.3 is 19.3 Å². The Morgan fingerprint density at radius 3 is 2.75 bits per heavy atom. The summed E-state index contributed by atoms with van der Waals surface area (Å²) in [5.41, 5.74) is 5.08. The van der Waals surface area contributed by atoms with E-state index in [0.717, 1.165) is 65.4 Å². The van der Waals surface area contributed by atoms with Crippen molar-refractivity contribution in [2.75, 3.05) is 20.1 Å². The fraction of sp³-hybridized carbons (Fsp3) is 0.476. The molecule has 1 N–H and O–H groups in total. The standard InChI is InChI=1S/C21H25N5O2/c1-12-20(13(2)28-24-12)14-4-6-18-17(10-14)23-21(16-5-7-19(27)22-16)26(18)15-8-9-25(3)11-15/h4,6,10,15-16H,5,7-9,11H2,1-3H3,(H,22,27). The van der Waals surface area contributed by atoms with Crippen molar-refractivity contribution >= 4 is 16.9 Å². The highest BCUT2D eigenvalue weighted by Gasteiger charge is 2.32. The predicted octanol–water partition coefficient (Wildman–Crippen LogP) is 3.14. The zero-order chi connectivity index (χ0) is 19.4.